The maximum atomic E-state index is 12.3. The fourth-order valence-corrected chi connectivity index (χ4v) is 2.69. The maximum absolute atomic E-state index is 12.3. The minimum Gasteiger partial charge on any atom is -0.481 e. The Morgan fingerprint density at radius 1 is 1.30 bits per heavy atom. The number of rotatable bonds is 7. The Hall–Kier alpha value is -1.62. The molecule has 5 heteroatoms. The number of carbonyl (C=O) groups excluding carboxylic acids is 1. The van der Waals surface area contributed by atoms with Crippen molar-refractivity contribution < 1.29 is 19.4 Å². The first-order valence-corrected chi connectivity index (χ1v) is 8.16. The predicted octanol–water partition coefficient (Wildman–Crippen LogP) is 2.87. The van der Waals surface area contributed by atoms with Crippen LogP contribution in [0.1, 0.15) is 39.5 Å². The molecule has 1 rings (SSSR count). The van der Waals surface area contributed by atoms with Crippen LogP contribution in [0.15, 0.2) is 23.3 Å². The second-order valence-electron chi connectivity index (χ2n) is 6.64. The number of aliphatic carboxylic acids is 1. The number of allylic oxidation sites excluding steroid dienone is 4. The van der Waals surface area contributed by atoms with Gasteiger partial charge in [-0.1, -0.05) is 23.3 Å². The smallest absolute Gasteiger partial charge is 0.310 e. The predicted molar refractivity (Wildman–Crippen MR) is 90.1 cm³/mol. The fraction of sp³-hybridized carbons (Fsp3) is 0.667. The van der Waals surface area contributed by atoms with Gasteiger partial charge in [0.1, 0.15) is 6.61 Å². The molecule has 1 aliphatic carbocycles. The van der Waals surface area contributed by atoms with Gasteiger partial charge in [0.2, 0.25) is 0 Å². The topological polar surface area (TPSA) is 66.8 Å². The Morgan fingerprint density at radius 3 is 2.57 bits per heavy atom. The van der Waals surface area contributed by atoms with E-state index >= 15 is 0 Å². The molecule has 2 atom stereocenters. The van der Waals surface area contributed by atoms with Crippen molar-refractivity contribution in [3.63, 3.8) is 0 Å². The van der Waals surface area contributed by atoms with E-state index in [1.165, 1.54) is 5.57 Å². The highest BCUT2D eigenvalue weighted by molar-refractivity contribution is 5.81. The maximum Gasteiger partial charge on any atom is 0.310 e. The van der Waals surface area contributed by atoms with E-state index in [9.17, 15) is 14.7 Å². The minimum absolute atomic E-state index is 0.297. The summed E-state index contributed by atoms with van der Waals surface area (Å²) in [6.07, 6.45) is 6.82. The van der Waals surface area contributed by atoms with E-state index in [-0.39, 0.29) is 5.97 Å². The molecule has 23 heavy (non-hydrogen) atoms. The van der Waals surface area contributed by atoms with Gasteiger partial charge in [0.25, 0.3) is 0 Å². The average molecular weight is 323 g/mol. The van der Waals surface area contributed by atoms with Crippen molar-refractivity contribution in [1.82, 2.24) is 4.90 Å². The highest BCUT2D eigenvalue weighted by Gasteiger charge is 2.38. The van der Waals surface area contributed by atoms with E-state index in [2.05, 4.69) is 12.2 Å². The van der Waals surface area contributed by atoms with Gasteiger partial charge in [-0.2, -0.15) is 0 Å². The van der Waals surface area contributed by atoms with Gasteiger partial charge >= 0.3 is 11.9 Å². The molecule has 1 N–H and O–H groups in total. The minimum atomic E-state index is -0.900. The van der Waals surface area contributed by atoms with Crippen molar-refractivity contribution in [2.45, 2.75) is 39.5 Å². The van der Waals surface area contributed by atoms with Crippen LogP contribution < -0.4 is 0 Å². The number of nitrogens with zero attached hydrogens (tertiary/aromatic N) is 1. The van der Waals surface area contributed by atoms with E-state index in [4.69, 9.17) is 4.74 Å². The molecular formula is C18H29NO4. The summed E-state index contributed by atoms with van der Waals surface area (Å²) in [5.41, 5.74) is 2.41. The zero-order valence-corrected chi connectivity index (χ0v) is 14.7. The lowest BCUT2D eigenvalue weighted by Crippen LogP contribution is -2.35. The number of carboxylic acids is 1. The molecule has 0 saturated heterocycles. The number of hydrogen-bond donors (Lipinski definition) is 1. The molecule has 1 saturated carbocycles. The first kappa shape index (κ1) is 19.4. The molecule has 130 valence electrons. The van der Waals surface area contributed by atoms with E-state index in [0.29, 0.717) is 26.0 Å². The van der Waals surface area contributed by atoms with Gasteiger partial charge in [-0.3, -0.25) is 9.59 Å². The number of ether oxygens (including phenoxy) is 1. The first-order valence-electron chi connectivity index (χ1n) is 8.16. The fourth-order valence-electron chi connectivity index (χ4n) is 2.69. The Kier molecular flexibility index (Phi) is 8.03. The molecular weight excluding hydrogens is 294 g/mol. The Bertz CT molecular complexity index is 475. The molecule has 0 spiro atoms. The average Bonchev–Trinajstić information content (AvgIpc) is 2.46. The van der Waals surface area contributed by atoms with E-state index in [1.54, 1.807) is 0 Å². The van der Waals surface area contributed by atoms with Gasteiger partial charge in [0.15, 0.2) is 0 Å². The molecule has 5 nitrogen and oxygen atoms in total. The normalized spacial score (nSPS) is 22.9. The highest BCUT2D eigenvalue weighted by atomic mass is 16.5. The van der Waals surface area contributed by atoms with Crippen LogP contribution in [0.2, 0.25) is 0 Å². The Balaban J connectivity index is 2.70. The number of carboxylic acid groups (broad SMARTS) is 1. The van der Waals surface area contributed by atoms with E-state index in [1.807, 2.05) is 32.8 Å². The summed E-state index contributed by atoms with van der Waals surface area (Å²) in [5.74, 6) is -2.49. The number of hydrogen-bond acceptors (Lipinski definition) is 4. The van der Waals surface area contributed by atoms with Crippen LogP contribution >= 0.6 is 0 Å². The van der Waals surface area contributed by atoms with Gasteiger partial charge in [-0.05, 0) is 53.6 Å². The zero-order valence-electron chi connectivity index (χ0n) is 14.7. The summed E-state index contributed by atoms with van der Waals surface area (Å²) in [7, 11) is 3.80. The van der Waals surface area contributed by atoms with Crippen LogP contribution in [0.5, 0.6) is 0 Å². The van der Waals surface area contributed by atoms with Gasteiger partial charge in [-0.15, -0.1) is 0 Å². The van der Waals surface area contributed by atoms with Crippen LogP contribution in [0.3, 0.4) is 0 Å². The van der Waals surface area contributed by atoms with Gasteiger partial charge in [-0.25, -0.2) is 0 Å². The summed E-state index contributed by atoms with van der Waals surface area (Å²) >= 11 is 0. The van der Waals surface area contributed by atoms with Crippen LogP contribution in [0.25, 0.3) is 0 Å². The number of carbonyl (C=O) groups is 2. The Morgan fingerprint density at radius 2 is 2.00 bits per heavy atom. The first-order chi connectivity index (χ1) is 10.8. The van der Waals surface area contributed by atoms with Crippen molar-refractivity contribution in [2.24, 2.45) is 11.8 Å². The Labute approximate surface area is 139 Å². The molecule has 0 aliphatic heterocycles. The molecule has 1 aliphatic rings. The van der Waals surface area contributed by atoms with Crippen molar-refractivity contribution in [3.05, 3.63) is 23.3 Å². The molecule has 0 aromatic rings. The zero-order chi connectivity index (χ0) is 17.4. The summed E-state index contributed by atoms with van der Waals surface area (Å²) in [6, 6.07) is 0. The van der Waals surface area contributed by atoms with Crippen LogP contribution in [-0.4, -0.2) is 49.2 Å². The van der Waals surface area contributed by atoms with Crippen molar-refractivity contribution in [1.29, 1.82) is 0 Å². The lowest BCUT2D eigenvalue weighted by atomic mass is 9.76. The van der Waals surface area contributed by atoms with Crippen molar-refractivity contribution in [2.75, 3.05) is 27.2 Å². The third-order valence-electron chi connectivity index (χ3n) is 4.08. The van der Waals surface area contributed by atoms with Crippen molar-refractivity contribution >= 4 is 11.9 Å². The molecule has 0 radical (unpaired) electrons. The second kappa shape index (κ2) is 9.50. The third kappa shape index (κ3) is 6.99. The summed E-state index contributed by atoms with van der Waals surface area (Å²) in [4.78, 5) is 25.6. The van der Waals surface area contributed by atoms with E-state index < -0.39 is 17.8 Å². The lowest BCUT2D eigenvalue weighted by Gasteiger charge is -2.29. The SMILES string of the molecule is CC(C)=CC/C=C1/CC[C@@H](C(=O)O)[C@@H](C(=O)OCCN(C)C)C1. The monoisotopic (exact) mass is 323 g/mol. The molecule has 0 aromatic carbocycles. The van der Waals surface area contributed by atoms with Crippen molar-refractivity contribution in [3.8, 4) is 0 Å². The lowest BCUT2D eigenvalue weighted by molar-refractivity contribution is -0.159. The van der Waals surface area contributed by atoms with Crippen LogP contribution in [-0.2, 0) is 14.3 Å². The molecule has 0 aromatic heterocycles. The van der Waals surface area contributed by atoms with Gasteiger partial charge in [0, 0.05) is 6.54 Å². The van der Waals surface area contributed by atoms with Crippen LogP contribution in [0.4, 0.5) is 0 Å². The standard InChI is InChI=1S/C18H29NO4/c1-13(2)6-5-7-14-8-9-15(17(20)21)16(12-14)18(22)23-11-10-19(3)4/h6-7,15-16H,5,8-12H2,1-4H3,(H,20,21)/b14-7-/t15-,16+/m1/s1. The molecule has 0 heterocycles. The quantitative estimate of drug-likeness (QED) is 0.576. The van der Waals surface area contributed by atoms with Gasteiger partial charge < -0.3 is 14.7 Å². The molecule has 1 fully saturated rings. The third-order valence-corrected chi connectivity index (χ3v) is 4.08. The molecule has 0 bridgehead atoms. The summed E-state index contributed by atoms with van der Waals surface area (Å²) in [5, 5.41) is 9.36. The highest BCUT2D eigenvalue weighted by Crippen LogP contribution is 2.35. The van der Waals surface area contributed by atoms with Gasteiger partial charge in [0.05, 0.1) is 11.8 Å². The molecule has 0 unspecified atom stereocenters. The van der Waals surface area contributed by atoms with Crippen LogP contribution in [0, 0.1) is 11.8 Å². The molecule has 0 amide bonds. The summed E-state index contributed by atoms with van der Waals surface area (Å²) < 4.78 is 5.28. The number of esters is 1. The number of likely N-dealkylation sites (N-methyl/N-ethyl adjacent to an activating group) is 1. The van der Waals surface area contributed by atoms with E-state index in [0.717, 1.165) is 18.4 Å². The second-order valence-corrected chi connectivity index (χ2v) is 6.64. The largest absolute Gasteiger partial charge is 0.481 e. The summed E-state index contributed by atoms with van der Waals surface area (Å²) in [6.45, 7) is 5.03.